The molecule has 0 aliphatic carbocycles. The summed E-state index contributed by atoms with van der Waals surface area (Å²) in [5.74, 6) is -1.94. The normalized spacial score (nSPS) is 20.0. The first kappa shape index (κ1) is 23.3. The van der Waals surface area contributed by atoms with Gasteiger partial charge in [0.2, 0.25) is 0 Å². The second-order valence-corrected chi connectivity index (χ2v) is 6.86. The van der Waals surface area contributed by atoms with Crippen LogP contribution in [0.3, 0.4) is 0 Å². The molecule has 0 spiro atoms. The molecule has 27 heavy (non-hydrogen) atoms. The summed E-state index contributed by atoms with van der Waals surface area (Å²) in [6, 6.07) is -2.62. The van der Waals surface area contributed by atoms with Gasteiger partial charge in [-0.15, -0.1) is 11.3 Å². The van der Waals surface area contributed by atoms with Crippen LogP contribution in [0.4, 0.5) is 5.13 Å². The van der Waals surface area contributed by atoms with E-state index in [0.29, 0.717) is 0 Å². The van der Waals surface area contributed by atoms with Gasteiger partial charge in [-0.1, -0.05) is 10.3 Å². The molecular weight excluding hydrogens is 415 g/mol. The van der Waals surface area contributed by atoms with Crippen molar-refractivity contribution in [3.8, 4) is 0 Å². The molecule has 2 amide bonds. The number of anilines is 1. The van der Waals surface area contributed by atoms with Crippen molar-refractivity contribution in [1.29, 1.82) is 0 Å². The molecule has 2 atom stereocenters. The zero-order chi connectivity index (χ0) is 19.5. The average Bonchev–Trinajstić information content (AvgIpc) is 2.98. The third-order valence-electron chi connectivity index (χ3n) is 3.11. The second-order valence-electron chi connectivity index (χ2n) is 4.68. The van der Waals surface area contributed by atoms with E-state index in [9.17, 15) is 18.0 Å². The van der Waals surface area contributed by atoms with Crippen molar-refractivity contribution in [2.45, 2.75) is 12.1 Å². The molecule has 144 valence electrons. The van der Waals surface area contributed by atoms with Gasteiger partial charge in [0.05, 0.1) is 6.21 Å². The van der Waals surface area contributed by atoms with Crippen LogP contribution in [0, 0.1) is 0 Å². The standard InChI is InChI=1S/C11H14N6O7S2.Na.H/c1-23-13-3-6-8(10(19)17(6)26(20,21)22)15-9(18)7(16-24-2)5-4-25-11(12)14-5;;/h3-4,6,8H,1-2H3,(H2,12,14)(H,15,18)(H,20,21,22);;/q;+1;-1/t6-,8+;;/m1../s1. The van der Waals surface area contributed by atoms with E-state index in [-0.39, 0.29) is 51.8 Å². The number of oxime groups is 2. The summed E-state index contributed by atoms with van der Waals surface area (Å²) in [6.07, 6.45) is 0.939. The maximum atomic E-state index is 12.4. The Labute approximate surface area is 181 Å². The third-order valence-corrected chi connectivity index (χ3v) is 4.71. The van der Waals surface area contributed by atoms with Gasteiger partial charge in [0.25, 0.3) is 11.8 Å². The number of rotatable bonds is 7. The van der Waals surface area contributed by atoms with E-state index in [1.165, 1.54) is 19.6 Å². The van der Waals surface area contributed by atoms with Crippen LogP contribution in [-0.4, -0.2) is 72.3 Å². The van der Waals surface area contributed by atoms with Gasteiger partial charge in [0, 0.05) is 5.38 Å². The Balaban J connectivity index is 0.00000364. The van der Waals surface area contributed by atoms with Crippen molar-refractivity contribution in [1.82, 2.24) is 14.6 Å². The Kier molecular flexibility index (Phi) is 8.12. The molecule has 1 saturated heterocycles. The summed E-state index contributed by atoms with van der Waals surface area (Å²) < 4.78 is 31.8. The van der Waals surface area contributed by atoms with E-state index < -0.39 is 34.2 Å². The van der Waals surface area contributed by atoms with Crippen molar-refractivity contribution in [2.75, 3.05) is 20.0 Å². The maximum Gasteiger partial charge on any atom is 1.00 e. The predicted octanol–water partition coefficient (Wildman–Crippen LogP) is -4.68. The van der Waals surface area contributed by atoms with E-state index in [1.807, 2.05) is 0 Å². The summed E-state index contributed by atoms with van der Waals surface area (Å²) in [4.78, 5) is 37.3. The van der Waals surface area contributed by atoms with Gasteiger partial charge in [0.15, 0.2) is 10.8 Å². The maximum absolute atomic E-state index is 12.4. The van der Waals surface area contributed by atoms with Gasteiger partial charge in [-0.2, -0.15) is 8.42 Å². The average molecular weight is 430 g/mol. The predicted molar refractivity (Wildman–Crippen MR) is 90.8 cm³/mol. The SMILES string of the molecule is CON=C[C@@H]1[C@H](NC(=O)C(=NOC)c2csc(N)n2)C(=O)N1S(=O)(=O)O.[H-].[Na+]. The molecule has 4 N–H and O–H groups in total. The summed E-state index contributed by atoms with van der Waals surface area (Å²) >= 11 is 1.06. The number of hydrogen-bond acceptors (Lipinski definition) is 11. The van der Waals surface area contributed by atoms with Crippen LogP contribution >= 0.6 is 11.3 Å². The smallest absolute Gasteiger partial charge is 1.00 e. The van der Waals surface area contributed by atoms with Crippen molar-refractivity contribution < 1.29 is 63.2 Å². The summed E-state index contributed by atoms with van der Waals surface area (Å²) in [7, 11) is -2.45. The molecule has 0 radical (unpaired) electrons. The second kappa shape index (κ2) is 9.43. The number of nitrogens with two attached hydrogens (primary N) is 1. The molecule has 0 unspecified atom stereocenters. The molecule has 13 nitrogen and oxygen atoms in total. The number of nitrogen functional groups attached to an aromatic ring is 1. The quantitative estimate of drug-likeness (QED) is 0.126. The Hall–Kier alpha value is -1.78. The van der Waals surface area contributed by atoms with Crippen LogP contribution < -0.4 is 40.6 Å². The van der Waals surface area contributed by atoms with E-state index >= 15 is 0 Å². The molecular formula is C11H15N6NaO7S2. The topological polar surface area (TPSA) is 186 Å². The molecule has 2 rings (SSSR count). The van der Waals surface area contributed by atoms with Crippen molar-refractivity contribution in [3.63, 3.8) is 0 Å². The number of nitrogens with zero attached hydrogens (tertiary/aromatic N) is 4. The number of hydrogen-bond donors (Lipinski definition) is 3. The summed E-state index contributed by atoms with van der Waals surface area (Å²) in [5, 5.41) is 10.8. The fraction of sp³-hybridized carbons (Fsp3) is 0.364. The third kappa shape index (κ3) is 5.14. The van der Waals surface area contributed by atoms with Crippen LogP contribution in [0.1, 0.15) is 7.12 Å². The van der Waals surface area contributed by atoms with Crippen molar-refractivity contribution >= 4 is 50.5 Å². The van der Waals surface area contributed by atoms with Crippen molar-refractivity contribution in [2.24, 2.45) is 10.3 Å². The Morgan fingerprint density at radius 1 is 1.52 bits per heavy atom. The number of carbonyl (C=O) groups is 2. The Morgan fingerprint density at radius 3 is 2.67 bits per heavy atom. The van der Waals surface area contributed by atoms with Crippen LogP contribution in [0.5, 0.6) is 0 Å². The molecule has 1 aliphatic rings. The molecule has 16 heteroatoms. The van der Waals surface area contributed by atoms with E-state index in [2.05, 4.69) is 30.3 Å². The molecule has 2 heterocycles. The fourth-order valence-electron chi connectivity index (χ4n) is 2.07. The minimum absolute atomic E-state index is 0. The van der Waals surface area contributed by atoms with Crippen LogP contribution in [-0.2, 0) is 29.6 Å². The van der Waals surface area contributed by atoms with Gasteiger partial charge in [-0.25, -0.2) is 9.29 Å². The number of β-lactam (4-membered cyclic amide) rings is 1. The molecule has 1 fully saturated rings. The molecule has 1 aromatic rings. The number of carbonyl (C=O) groups excluding carboxylic acids is 2. The Morgan fingerprint density at radius 2 is 2.19 bits per heavy atom. The fourth-order valence-corrected chi connectivity index (χ4v) is 3.44. The molecule has 0 saturated carbocycles. The van der Waals surface area contributed by atoms with Crippen LogP contribution in [0.15, 0.2) is 15.7 Å². The van der Waals surface area contributed by atoms with Gasteiger partial charge < -0.3 is 22.2 Å². The monoisotopic (exact) mass is 430 g/mol. The van der Waals surface area contributed by atoms with E-state index in [0.717, 1.165) is 17.6 Å². The van der Waals surface area contributed by atoms with Gasteiger partial charge in [-0.05, 0) is 0 Å². The molecule has 0 aromatic carbocycles. The number of thiazole rings is 1. The summed E-state index contributed by atoms with van der Waals surface area (Å²) in [6.45, 7) is 0. The first-order valence-corrected chi connectivity index (χ1v) is 8.99. The van der Waals surface area contributed by atoms with Crippen molar-refractivity contribution in [3.05, 3.63) is 11.1 Å². The largest absolute Gasteiger partial charge is 1.00 e. The van der Waals surface area contributed by atoms with Gasteiger partial charge in [0.1, 0.15) is 32.0 Å². The zero-order valence-electron chi connectivity index (χ0n) is 15.4. The molecule has 0 bridgehead atoms. The molecule has 1 aromatic heterocycles. The van der Waals surface area contributed by atoms with E-state index in [1.54, 1.807) is 0 Å². The Bertz CT molecular complexity index is 877. The first-order chi connectivity index (χ1) is 12.2. The first-order valence-electron chi connectivity index (χ1n) is 6.71. The number of nitrogens with one attached hydrogen (secondary N) is 1. The van der Waals surface area contributed by atoms with Crippen LogP contribution in [0.25, 0.3) is 0 Å². The minimum atomic E-state index is -4.84. The van der Waals surface area contributed by atoms with Gasteiger partial charge >= 0.3 is 39.9 Å². The number of amides is 2. The minimum Gasteiger partial charge on any atom is -1.00 e. The summed E-state index contributed by atoms with van der Waals surface area (Å²) in [5.41, 5.74) is 5.34. The van der Waals surface area contributed by atoms with Crippen LogP contribution in [0.2, 0.25) is 0 Å². The zero-order valence-corrected chi connectivity index (χ0v) is 18.0. The number of aromatic nitrogens is 1. The van der Waals surface area contributed by atoms with Gasteiger partial charge in [-0.3, -0.25) is 14.1 Å². The molecule has 1 aliphatic heterocycles. The van der Waals surface area contributed by atoms with E-state index in [4.69, 9.17) is 10.3 Å².